The van der Waals surface area contributed by atoms with Crippen molar-refractivity contribution < 1.29 is 17.6 Å². The maximum atomic E-state index is 13.2. The first kappa shape index (κ1) is 19.1. The average Bonchev–Trinajstić information content (AvgIpc) is 2.99. The molecule has 2 aromatic rings. The lowest BCUT2D eigenvalue weighted by Gasteiger charge is -2.17. The number of benzene rings is 1. The van der Waals surface area contributed by atoms with Crippen molar-refractivity contribution >= 4 is 12.4 Å². The molecule has 1 saturated heterocycles. The highest BCUT2D eigenvalue weighted by atomic mass is 35.5. The molecule has 1 aromatic heterocycles. The standard InChI is InChI=1S/C16H14F3N3O2.ClH/c17-16(18,19)13-4-3-12(14-21-22-15(23)24-14)9-11(13)2-1-10-5-7-20-8-6-10;/h3-4,9-10,20H,5-8H2,(H,22,23);1H. The molecule has 25 heavy (non-hydrogen) atoms. The summed E-state index contributed by atoms with van der Waals surface area (Å²) < 4.78 is 44.3. The van der Waals surface area contributed by atoms with Gasteiger partial charge in [0.25, 0.3) is 0 Å². The number of hydrogen-bond acceptors (Lipinski definition) is 4. The quantitative estimate of drug-likeness (QED) is 0.754. The van der Waals surface area contributed by atoms with E-state index in [1.54, 1.807) is 0 Å². The largest absolute Gasteiger partial charge is 0.434 e. The van der Waals surface area contributed by atoms with Gasteiger partial charge in [-0.2, -0.15) is 13.2 Å². The zero-order valence-corrected chi connectivity index (χ0v) is 13.8. The number of nitrogens with zero attached hydrogens (tertiary/aromatic N) is 1. The van der Waals surface area contributed by atoms with Crippen molar-refractivity contribution in [3.8, 4) is 23.3 Å². The normalized spacial score (nSPS) is 15.2. The molecule has 3 rings (SSSR count). The van der Waals surface area contributed by atoms with E-state index in [2.05, 4.69) is 27.4 Å². The number of piperidine rings is 1. The molecule has 1 aliphatic heterocycles. The number of nitrogens with one attached hydrogen (secondary N) is 2. The summed E-state index contributed by atoms with van der Waals surface area (Å²) >= 11 is 0. The highest BCUT2D eigenvalue weighted by Gasteiger charge is 2.33. The molecule has 1 aromatic carbocycles. The number of aromatic amines is 1. The number of aromatic nitrogens is 2. The number of H-pyrrole nitrogens is 1. The van der Waals surface area contributed by atoms with Crippen LogP contribution in [0.4, 0.5) is 13.2 Å². The van der Waals surface area contributed by atoms with Gasteiger partial charge in [-0.25, -0.2) is 9.89 Å². The zero-order chi connectivity index (χ0) is 17.2. The Hall–Kier alpha value is -2.24. The van der Waals surface area contributed by atoms with Crippen LogP contribution in [0.1, 0.15) is 24.0 Å². The molecule has 0 radical (unpaired) electrons. The maximum Gasteiger partial charge on any atom is 0.434 e. The van der Waals surface area contributed by atoms with Crippen molar-refractivity contribution in [2.24, 2.45) is 5.92 Å². The van der Waals surface area contributed by atoms with Crippen molar-refractivity contribution in [3.05, 3.63) is 39.9 Å². The fraction of sp³-hybridized carbons (Fsp3) is 0.375. The molecule has 0 bridgehead atoms. The van der Waals surface area contributed by atoms with Gasteiger partial charge in [-0.1, -0.05) is 11.8 Å². The fourth-order valence-electron chi connectivity index (χ4n) is 2.53. The minimum absolute atomic E-state index is 0. The second-order valence-electron chi connectivity index (χ2n) is 5.47. The Morgan fingerprint density at radius 1 is 1.24 bits per heavy atom. The lowest BCUT2D eigenvalue weighted by atomic mass is 9.97. The first-order valence-electron chi connectivity index (χ1n) is 7.43. The molecular weight excluding hydrogens is 359 g/mol. The Labute approximate surface area is 147 Å². The van der Waals surface area contributed by atoms with Crippen molar-refractivity contribution in [1.82, 2.24) is 15.5 Å². The van der Waals surface area contributed by atoms with Crippen LogP contribution in [0.5, 0.6) is 0 Å². The van der Waals surface area contributed by atoms with Crippen molar-refractivity contribution in [1.29, 1.82) is 0 Å². The van der Waals surface area contributed by atoms with Crippen LogP contribution in [0.15, 0.2) is 27.4 Å². The highest BCUT2D eigenvalue weighted by molar-refractivity contribution is 5.85. The van der Waals surface area contributed by atoms with Crippen LogP contribution in [0.3, 0.4) is 0 Å². The van der Waals surface area contributed by atoms with Crippen LogP contribution < -0.4 is 11.1 Å². The molecule has 0 unspecified atom stereocenters. The molecule has 9 heteroatoms. The van der Waals surface area contributed by atoms with Crippen LogP contribution >= 0.6 is 12.4 Å². The molecular formula is C16H15ClF3N3O2. The first-order valence-corrected chi connectivity index (χ1v) is 7.43. The summed E-state index contributed by atoms with van der Waals surface area (Å²) in [4.78, 5) is 11.0. The van der Waals surface area contributed by atoms with Gasteiger partial charge >= 0.3 is 11.9 Å². The molecule has 1 aliphatic rings. The van der Waals surface area contributed by atoms with Gasteiger partial charge in [0.1, 0.15) is 0 Å². The van der Waals surface area contributed by atoms with E-state index in [9.17, 15) is 18.0 Å². The third-order valence-electron chi connectivity index (χ3n) is 3.76. The van der Waals surface area contributed by atoms with Crippen LogP contribution in [0, 0.1) is 17.8 Å². The molecule has 0 spiro atoms. The van der Waals surface area contributed by atoms with Crippen molar-refractivity contribution in [2.45, 2.75) is 19.0 Å². The summed E-state index contributed by atoms with van der Waals surface area (Å²) in [7, 11) is 0. The Morgan fingerprint density at radius 3 is 2.56 bits per heavy atom. The van der Waals surface area contributed by atoms with Crippen LogP contribution in [0.25, 0.3) is 11.5 Å². The molecule has 2 heterocycles. The summed E-state index contributed by atoms with van der Waals surface area (Å²) in [5.41, 5.74) is -0.703. The minimum atomic E-state index is -4.51. The van der Waals surface area contributed by atoms with E-state index in [1.807, 2.05) is 0 Å². The Morgan fingerprint density at radius 2 is 1.96 bits per heavy atom. The van der Waals surface area contributed by atoms with Gasteiger partial charge < -0.3 is 9.73 Å². The molecule has 0 amide bonds. The molecule has 1 fully saturated rings. The summed E-state index contributed by atoms with van der Waals surface area (Å²) in [5.74, 6) is 4.80. The van der Waals surface area contributed by atoms with Crippen LogP contribution in [-0.4, -0.2) is 23.3 Å². The Balaban J connectivity index is 0.00000225. The lowest BCUT2D eigenvalue weighted by Crippen LogP contribution is -2.26. The van der Waals surface area contributed by atoms with Crippen molar-refractivity contribution in [3.63, 3.8) is 0 Å². The van der Waals surface area contributed by atoms with Gasteiger partial charge in [0.05, 0.1) is 5.56 Å². The highest BCUT2D eigenvalue weighted by Crippen LogP contribution is 2.33. The van der Waals surface area contributed by atoms with E-state index in [1.165, 1.54) is 12.1 Å². The fourth-order valence-corrected chi connectivity index (χ4v) is 2.53. The van der Waals surface area contributed by atoms with E-state index < -0.39 is 17.5 Å². The summed E-state index contributed by atoms with van der Waals surface area (Å²) in [6.07, 6.45) is -2.90. The van der Waals surface area contributed by atoms with E-state index in [0.717, 1.165) is 32.0 Å². The minimum Gasteiger partial charge on any atom is -0.388 e. The number of alkyl halides is 3. The molecule has 5 nitrogen and oxygen atoms in total. The SMILES string of the molecule is Cl.O=c1[nH]nc(-c2ccc(C(F)(F)F)c(C#CC3CCNCC3)c2)o1. The zero-order valence-electron chi connectivity index (χ0n) is 12.9. The Kier molecular flexibility index (Phi) is 5.93. The van der Waals surface area contributed by atoms with E-state index >= 15 is 0 Å². The molecule has 2 N–H and O–H groups in total. The topological polar surface area (TPSA) is 70.9 Å². The van der Waals surface area contributed by atoms with Gasteiger partial charge in [-0.05, 0) is 44.1 Å². The third-order valence-corrected chi connectivity index (χ3v) is 3.76. The van der Waals surface area contributed by atoms with Crippen LogP contribution in [0.2, 0.25) is 0 Å². The number of hydrogen-bond donors (Lipinski definition) is 2. The van der Waals surface area contributed by atoms with Gasteiger partial charge in [0.15, 0.2) is 0 Å². The summed E-state index contributed by atoms with van der Waals surface area (Å²) in [6, 6.07) is 3.38. The third kappa shape index (κ3) is 4.65. The predicted octanol–water partition coefficient (Wildman–Crippen LogP) is 2.82. The van der Waals surface area contributed by atoms with Gasteiger partial charge in [-0.3, -0.25) is 0 Å². The van der Waals surface area contributed by atoms with Gasteiger partial charge in [-0.15, -0.1) is 17.5 Å². The number of halogens is 4. The van der Waals surface area contributed by atoms with E-state index in [0.29, 0.717) is 0 Å². The Bertz CT molecular complexity index is 843. The lowest BCUT2D eigenvalue weighted by molar-refractivity contribution is -0.137. The molecule has 0 saturated carbocycles. The van der Waals surface area contributed by atoms with E-state index in [-0.39, 0.29) is 35.3 Å². The first-order chi connectivity index (χ1) is 11.4. The van der Waals surface area contributed by atoms with Gasteiger partial charge in [0.2, 0.25) is 5.89 Å². The second-order valence-corrected chi connectivity index (χ2v) is 5.47. The van der Waals surface area contributed by atoms with Gasteiger partial charge in [0, 0.05) is 17.0 Å². The number of rotatable bonds is 1. The smallest absolute Gasteiger partial charge is 0.388 e. The van der Waals surface area contributed by atoms with Crippen LogP contribution in [-0.2, 0) is 6.18 Å². The van der Waals surface area contributed by atoms with E-state index in [4.69, 9.17) is 4.42 Å². The monoisotopic (exact) mass is 373 g/mol. The van der Waals surface area contributed by atoms with Crippen molar-refractivity contribution in [2.75, 3.05) is 13.1 Å². The summed E-state index contributed by atoms with van der Waals surface area (Å²) in [6.45, 7) is 1.62. The maximum absolute atomic E-state index is 13.2. The molecule has 0 atom stereocenters. The summed E-state index contributed by atoms with van der Waals surface area (Å²) in [5, 5.41) is 8.88. The molecule has 0 aliphatic carbocycles. The predicted molar refractivity (Wildman–Crippen MR) is 87.3 cm³/mol. The average molecular weight is 374 g/mol. The second kappa shape index (κ2) is 7.76. The molecule has 134 valence electrons.